The van der Waals surface area contributed by atoms with Gasteiger partial charge in [-0.25, -0.2) is 0 Å². The highest BCUT2D eigenvalue weighted by atomic mass is 16.5. The van der Waals surface area contributed by atoms with Crippen molar-refractivity contribution in [2.24, 2.45) is 0 Å². The van der Waals surface area contributed by atoms with Crippen molar-refractivity contribution >= 4 is 11.6 Å². The van der Waals surface area contributed by atoms with Crippen LogP contribution in [0.1, 0.15) is 65.5 Å². The van der Waals surface area contributed by atoms with Crippen molar-refractivity contribution < 1.29 is 14.3 Å². The van der Waals surface area contributed by atoms with Crippen LogP contribution in [0.3, 0.4) is 0 Å². The molecular formula is C24H24O3. The molecule has 3 rings (SSSR count). The first-order valence-electron chi connectivity index (χ1n) is 9.22. The molecule has 1 aliphatic rings. The molecule has 0 atom stereocenters. The van der Waals surface area contributed by atoms with Gasteiger partial charge in [-0.15, -0.1) is 0 Å². The average molecular weight is 360 g/mol. The van der Waals surface area contributed by atoms with Crippen molar-refractivity contribution in [3.05, 3.63) is 88.0 Å². The summed E-state index contributed by atoms with van der Waals surface area (Å²) in [6, 6.07) is 12.2. The molecule has 2 aromatic rings. The van der Waals surface area contributed by atoms with Gasteiger partial charge in [0.15, 0.2) is 11.6 Å². The molecule has 0 heterocycles. The average Bonchev–Trinajstić information content (AvgIpc) is 2.65. The zero-order valence-corrected chi connectivity index (χ0v) is 16.0. The van der Waals surface area contributed by atoms with Crippen molar-refractivity contribution in [2.45, 2.75) is 33.6 Å². The molecule has 0 radical (unpaired) electrons. The minimum absolute atomic E-state index is 0.126. The summed E-state index contributed by atoms with van der Waals surface area (Å²) in [6.07, 6.45) is 6.23. The van der Waals surface area contributed by atoms with Gasteiger partial charge in [0.05, 0.1) is 5.56 Å². The third kappa shape index (κ3) is 4.08. The SMILES string of the molecule is CC(C)=CCC/C(C)=C/COc1cccc2c1C(=O)c1ccccc1C2=O. The molecule has 0 N–H and O–H groups in total. The molecule has 27 heavy (non-hydrogen) atoms. The summed E-state index contributed by atoms with van der Waals surface area (Å²) in [4.78, 5) is 25.7. The number of ether oxygens (including phenoxy) is 1. The Hall–Kier alpha value is -2.94. The number of hydrogen-bond acceptors (Lipinski definition) is 3. The molecule has 0 aromatic heterocycles. The van der Waals surface area contributed by atoms with E-state index in [1.54, 1.807) is 42.5 Å². The molecule has 0 unspecified atom stereocenters. The van der Waals surface area contributed by atoms with Crippen LogP contribution < -0.4 is 4.74 Å². The van der Waals surface area contributed by atoms with Gasteiger partial charge in [-0.3, -0.25) is 9.59 Å². The van der Waals surface area contributed by atoms with E-state index < -0.39 is 0 Å². The summed E-state index contributed by atoms with van der Waals surface area (Å²) >= 11 is 0. The van der Waals surface area contributed by atoms with Crippen LogP contribution in [0.5, 0.6) is 5.75 Å². The maximum Gasteiger partial charge on any atom is 0.198 e. The summed E-state index contributed by atoms with van der Waals surface area (Å²) in [5, 5.41) is 0. The molecule has 3 heteroatoms. The lowest BCUT2D eigenvalue weighted by Crippen LogP contribution is -2.21. The van der Waals surface area contributed by atoms with E-state index in [9.17, 15) is 9.59 Å². The second-order valence-corrected chi connectivity index (χ2v) is 7.06. The van der Waals surface area contributed by atoms with E-state index in [0.717, 1.165) is 12.8 Å². The van der Waals surface area contributed by atoms with Gasteiger partial charge in [0.25, 0.3) is 0 Å². The highest BCUT2D eigenvalue weighted by Crippen LogP contribution is 2.33. The monoisotopic (exact) mass is 360 g/mol. The molecule has 0 fully saturated rings. The van der Waals surface area contributed by atoms with E-state index in [1.165, 1.54) is 11.1 Å². The first kappa shape index (κ1) is 18.8. The summed E-state index contributed by atoms with van der Waals surface area (Å²) in [7, 11) is 0. The van der Waals surface area contributed by atoms with Gasteiger partial charge in [-0.2, -0.15) is 0 Å². The maximum absolute atomic E-state index is 12.9. The Morgan fingerprint density at radius 2 is 1.52 bits per heavy atom. The van der Waals surface area contributed by atoms with E-state index in [1.807, 2.05) is 6.08 Å². The van der Waals surface area contributed by atoms with Gasteiger partial charge in [0.2, 0.25) is 0 Å². The van der Waals surface area contributed by atoms with Crippen LogP contribution in [0.25, 0.3) is 0 Å². The smallest absolute Gasteiger partial charge is 0.198 e. The fourth-order valence-corrected chi connectivity index (χ4v) is 3.20. The summed E-state index contributed by atoms with van der Waals surface area (Å²) in [5.41, 5.74) is 4.25. The van der Waals surface area contributed by atoms with Crippen LogP contribution in [-0.4, -0.2) is 18.2 Å². The van der Waals surface area contributed by atoms with Crippen molar-refractivity contribution in [1.29, 1.82) is 0 Å². The van der Waals surface area contributed by atoms with Crippen molar-refractivity contribution in [2.75, 3.05) is 6.61 Å². The number of rotatable bonds is 6. The number of carbonyl (C=O) groups excluding carboxylic acids is 2. The second-order valence-electron chi connectivity index (χ2n) is 7.06. The third-order valence-electron chi connectivity index (χ3n) is 4.68. The first-order chi connectivity index (χ1) is 13.0. The molecule has 138 valence electrons. The van der Waals surface area contributed by atoms with Crippen LogP contribution in [0.4, 0.5) is 0 Å². The summed E-state index contributed by atoms with van der Waals surface area (Å²) in [5.74, 6) is 0.188. The summed E-state index contributed by atoms with van der Waals surface area (Å²) in [6.45, 7) is 6.64. The number of ketones is 2. The van der Waals surface area contributed by atoms with Gasteiger partial charge in [0.1, 0.15) is 12.4 Å². The fraction of sp³-hybridized carbons (Fsp3) is 0.250. The lowest BCUT2D eigenvalue weighted by molar-refractivity contribution is 0.0976. The zero-order chi connectivity index (χ0) is 19.4. The Balaban J connectivity index is 1.78. The molecule has 3 nitrogen and oxygen atoms in total. The number of fused-ring (bicyclic) bond motifs is 2. The van der Waals surface area contributed by atoms with E-state index in [-0.39, 0.29) is 11.6 Å². The van der Waals surface area contributed by atoms with Gasteiger partial charge < -0.3 is 4.74 Å². The minimum Gasteiger partial charge on any atom is -0.489 e. The molecule has 2 aromatic carbocycles. The first-order valence-corrected chi connectivity index (χ1v) is 9.22. The van der Waals surface area contributed by atoms with E-state index in [2.05, 4.69) is 26.8 Å². The predicted molar refractivity (Wildman–Crippen MR) is 108 cm³/mol. The van der Waals surface area contributed by atoms with Gasteiger partial charge >= 0.3 is 0 Å². The van der Waals surface area contributed by atoms with Gasteiger partial charge in [-0.1, -0.05) is 53.6 Å². The molecule has 0 spiro atoms. The normalized spacial score (nSPS) is 13.1. The Morgan fingerprint density at radius 1 is 0.852 bits per heavy atom. The zero-order valence-electron chi connectivity index (χ0n) is 16.0. The van der Waals surface area contributed by atoms with Crippen molar-refractivity contribution in [1.82, 2.24) is 0 Å². The van der Waals surface area contributed by atoms with Crippen molar-refractivity contribution in [3.63, 3.8) is 0 Å². The molecule has 0 saturated heterocycles. The van der Waals surface area contributed by atoms with Crippen LogP contribution in [0.15, 0.2) is 65.8 Å². The van der Waals surface area contributed by atoms with Crippen LogP contribution in [-0.2, 0) is 0 Å². The third-order valence-corrected chi connectivity index (χ3v) is 4.68. The Bertz CT molecular complexity index is 944. The number of carbonyl (C=O) groups is 2. The number of benzene rings is 2. The molecule has 0 saturated carbocycles. The molecular weight excluding hydrogens is 336 g/mol. The van der Waals surface area contributed by atoms with Gasteiger partial charge in [-0.05, 0) is 45.8 Å². The van der Waals surface area contributed by atoms with Crippen LogP contribution in [0.2, 0.25) is 0 Å². The largest absolute Gasteiger partial charge is 0.489 e. The van der Waals surface area contributed by atoms with E-state index in [4.69, 9.17) is 4.74 Å². The quantitative estimate of drug-likeness (QED) is 0.543. The maximum atomic E-state index is 12.9. The Kier molecular flexibility index (Phi) is 5.70. The molecule has 0 bridgehead atoms. The highest BCUT2D eigenvalue weighted by Gasteiger charge is 2.31. The van der Waals surface area contributed by atoms with Crippen LogP contribution >= 0.6 is 0 Å². The molecule has 0 amide bonds. The Morgan fingerprint density at radius 3 is 2.22 bits per heavy atom. The second kappa shape index (κ2) is 8.17. The lowest BCUT2D eigenvalue weighted by Gasteiger charge is -2.19. The molecule has 0 aliphatic heterocycles. The highest BCUT2D eigenvalue weighted by molar-refractivity contribution is 6.29. The lowest BCUT2D eigenvalue weighted by atomic mass is 9.83. The fourth-order valence-electron chi connectivity index (χ4n) is 3.20. The standard InChI is InChI=1S/C24H24O3/c1-16(2)8-6-9-17(3)14-15-27-21-13-7-12-20-22(21)24(26)19-11-5-4-10-18(19)23(20)25/h4-5,7-8,10-14H,6,9,15H2,1-3H3/b17-14+. The Labute approximate surface area is 160 Å². The summed E-state index contributed by atoms with van der Waals surface area (Å²) < 4.78 is 5.87. The van der Waals surface area contributed by atoms with E-state index in [0.29, 0.717) is 34.6 Å². The molecule has 1 aliphatic carbocycles. The number of hydrogen-bond donors (Lipinski definition) is 0. The number of allylic oxidation sites excluding steroid dienone is 3. The van der Waals surface area contributed by atoms with Gasteiger partial charge in [0, 0.05) is 16.7 Å². The van der Waals surface area contributed by atoms with E-state index >= 15 is 0 Å². The predicted octanol–water partition coefficient (Wildman–Crippen LogP) is 5.53. The van der Waals surface area contributed by atoms with Crippen molar-refractivity contribution in [3.8, 4) is 5.75 Å². The topological polar surface area (TPSA) is 43.4 Å². The van der Waals surface area contributed by atoms with Crippen LogP contribution in [0, 0.1) is 0 Å². The minimum atomic E-state index is -0.153.